The van der Waals surface area contributed by atoms with E-state index in [1.807, 2.05) is 22.6 Å². The van der Waals surface area contributed by atoms with E-state index in [1.54, 1.807) is 23.5 Å². The van der Waals surface area contributed by atoms with Gasteiger partial charge >= 0.3 is 0 Å². The summed E-state index contributed by atoms with van der Waals surface area (Å²) in [5.41, 5.74) is 8.38. The Morgan fingerprint density at radius 3 is 2.75 bits per heavy atom. The molecule has 24 heavy (non-hydrogen) atoms. The van der Waals surface area contributed by atoms with E-state index in [-0.39, 0.29) is 12.4 Å². The van der Waals surface area contributed by atoms with Crippen LogP contribution in [0.3, 0.4) is 0 Å². The maximum absolute atomic E-state index is 11.3. The van der Waals surface area contributed by atoms with E-state index in [0.717, 1.165) is 26.6 Å². The number of hydrogen-bond donors (Lipinski definition) is 1. The molecule has 0 bridgehead atoms. The number of primary amides is 1. The van der Waals surface area contributed by atoms with Crippen molar-refractivity contribution in [2.75, 3.05) is 0 Å². The molecule has 7 heteroatoms. The predicted octanol–water partition coefficient (Wildman–Crippen LogP) is 3.77. The normalized spacial score (nSPS) is 11.3. The summed E-state index contributed by atoms with van der Waals surface area (Å²) in [6.07, 6.45) is 2.06. The second-order valence-corrected chi connectivity index (χ2v) is 6.49. The Balaban J connectivity index is 0.00000146. The van der Waals surface area contributed by atoms with Crippen molar-refractivity contribution < 1.29 is 4.79 Å². The fourth-order valence-electron chi connectivity index (χ4n) is 2.92. The monoisotopic (exact) mass is 354 g/mol. The molecule has 0 aliphatic carbocycles. The van der Waals surface area contributed by atoms with Crippen LogP contribution >= 0.6 is 23.7 Å². The summed E-state index contributed by atoms with van der Waals surface area (Å²) in [5, 5.41) is 1.14. The zero-order chi connectivity index (χ0) is 15.6. The number of fused-ring (bicyclic) bond motifs is 6. The molecule has 0 radical (unpaired) electrons. The zero-order valence-corrected chi connectivity index (χ0v) is 13.9. The molecule has 2 aromatic carbocycles. The number of rotatable bonds is 1. The third kappa shape index (κ3) is 1.97. The van der Waals surface area contributed by atoms with Crippen molar-refractivity contribution in [3.63, 3.8) is 0 Å². The molecule has 0 unspecified atom stereocenters. The molecule has 0 spiro atoms. The van der Waals surface area contributed by atoms with Gasteiger partial charge in [0.25, 0.3) is 0 Å². The Morgan fingerprint density at radius 2 is 1.92 bits per heavy atom. The molecule has 0 aliphatic heterocycles. The minimum atomic E-state index is -0.455. The van der Waals surface area contributed by atoms with Crippen LogP contribution in [0, 0.1) is 0 Å². The quantitative estimate of drug-likeness (QED) is 0.498. The number of benzene rings is 2. The Labute approximate surface area is 146 Å². The van der Waals surface area contributed by atoms with Crippen LogP contribution in [0.15, 0.2) is 48.7 Å². The molecule has 0 saturated carbocycles. The lowest BCUT2D eigenvalue weighted by atomic mass is 10.2. The highest BCUT2D eigenvalue weighted by Crippen LogP contribution is 2.33. The first-order valence-electron chi connectivity index (χ1n) is 7.10. The van der Waals surface area contributed by atoms with Crippen molar-refractivity contribution in [2.45, 2.75) is 0 Å². The van der Waals surface area contributed by atoms with Gasteiger partial charge in [0, 0.05) is 21.8 Å². The molecule has 5 nitrogen and oxygen atoms in total. The number of amides is 1. The zero-order valence-electron chi connectivity index (χ0n) is 12.3. The van der Waals surface area contributed by atoms with E-state index < -0.39 is 5.91 Å². The van der Waals surface area contributed by atoms with Crippen molar-refractivity contribution in [1.29, 1.82) is 0 Å². The highest BCUT2D eigenvalue weighted by molar-refractivity contribution is 7.25. The molecule has 0 fully saturated rings. The second-order valence-electron chi connectivity index (χ2n) is 5.40. The summed E-state index contributed by atoms with van der Waals surface area (Å²) < 4.78 is 4.28. The lowest BCUT2D eigenvalue weighted by Crippen LogP contribution is -2.10. The highest BCUT2D eigenvalue weighted by Gasteiger charge is 2.12. The van der Waals surface area contributed by atoms with E-state index in [9.17, 15) is 4.79 Å². The number of thiophene rings is 1. The maximum Gasteiger partial charge on any atom is 0.248 e. The van der Waals surface area contributed by atoms with Gasteiger partial charge in [0.15, 0.2) is 0 Å². The van der Waals surface area contributed by atoms with E-state index in [4.69, 9.17) is 10.7 Å². The fourth-order valence-corrected chi connectivity index (χ4v) is 3.98. The molecule has 1 amide bonds. The van der Waals surface area contributed by atoms with Crippen LogP contribution < -0.4 is 5.73 Å². The number of imidazole rings is 1. The van der Waals surface area contributed by atoms with Gasteiger partial charge in [-0.15, -0.1) is 23.7 Å². The molecular formula is C17H11ClN4OS. The number of aromatic nitrogens is 3. The molecule has 3 aromatic heterocycles. The SMILES string of the molecule is Cl.NC(=O)c1ccc2c(c1)nc1nc3c(cn12)sc1ccccc13. The highest BCUT2D eigenvalue weighted by atomic mass is 35.5. The first kappa shape index (κ1) is 14.9. The van der Waals surface area contributed by atoms with E-state index in [2.05, 4.69) is 23.3 Å². The standard InChI is InChI=1S/C17H10N4OS.ClH/c18-16(22)9-5-6-12-11(7-9)19-17-20-15-10-3-1-2-4-13(10)23-14(15)8-21(12)17;/h1-8H,(H2,18,22);1H. The molecule has 0 saturated heterocycles. The fraction of sp³-hybridized carbons (Fsp3) is 0. The van der Waals surface area contributed by atoms with Gasteiger partial charge in [-0.3, -0.25) is 9.20 Å². The van der Waals surface area contributed by atoms with Gasteiger partial charge in [-0.05, 0) is 24.3 Å². The first-order chi connectivity index (χ1) is 11.2. The number of hydrogen-bond acceptors (Lipinski definition) is 4. The van der Waals surface area contributed by atoms with Gasteiger partial charge < -0.3 is 5.73 Å². The average molecular weight is 355 g/mol. The van der Waals surface area contributed by atoms with Crippen LogP contribution in [0.4, 0.5) is 0 Å². The minimum absolute atomic E-state index is 0. The second kappa shape index (κ2) is 5.15. The van der Waals surface area contributed by atoms with Crippen LogP contribution in [-0.4, -0.2) is 20.3 Å². The van der Waals surface area contributed by atoms with Gasteiger partial charge in [-0.1, -0.05) is 18.2 Å². The minimum Gasteiger partial charge on any atom is -0.366 e. The van der Waals surface area contributed by atoms with Gasteiger partial charge in [0.1, 0.15) is 0 Å². The number of halogens is 1. The van der Waals surface area contributed by atoms with Crippen LogP contribution in [-0.2, 0) is 0 Å². The number of nitrogens with zero attached hydrogens (tertiary/aromatic N) is 3. The van der Waals surface area contributed by atoms with Gasteiger partial charge in [-0.25, -0.2) is 9.97 Å². The van der Waals surface area contributed by atoms with Gasteiger partial charge in [0.2, 0.25) is 11.7 Å². The van der Waals surface area contributed by atoms with Gasteiger partial charge in [0.05, 0.1) is 21.3 Å². The number of carbonyl (C=O) groups is 1. The van der Waals surface area contributed by atoms with E-state index in [1.165, 1.54) is 4.70 Å². The Kier molecular flexibility index (Phi) is 3.19. The van der Waals surface area contributed by atoms with Crippen LogP contribution in [0.5, 0.6) is 0 Å². The number of carbonyl (C=O) groups excluding carboxylic acids is 1. The molecule has 0 atom stereocenters. The molecule has 2 N–H and O–H groups in total. The van der Waals surface area contributed by atoms with E-state index in [0.29, 0.717) is 11.3 Å². The third-order valence-corrected chi connectivity index (χ3v) is 5.10. The van der Waals surface area contributed by atoms with Crippen LogP contribution in [0.2, 0.25) is 0 Å². The molecule has 0 aliphatic rings. The van der Waals surface area contributed by atoms with Crippen molar-refractivity contribution >= 4 is 66.8 Å². The summed E-state index contributed by atoms with van der Waals surface area (Å²) in [4.78, 5) is 20.6. The summed E-state index contributed by atoms with van der Waals surface area (Å²) in [5.74, 6) is 0.168. The van der Waals surface area contributed by atoms with Gasteiger partial charge in [-0.2, -0.15) is 0 Å². The third-order valence-electron chi connectivity index (χ3n) is 4.01. The lowest BCUT2D eigenvalue weighted by Gasteiger charge is -1.97. The maximum atomic E-state index is 11.3. The molecule has 5 rings (SSSR count). The van der Waals surface area contributed by atoms with E-state index >= 15 is 0 Å². The summed E-state index contributed by atoms with van der Waals surface area (Å²) in [7, 11) is 0. The van der Waals surface area contributed by atoms with Crippen molar-refractivity contribution in [2.24, 2.45) is 5.73 Å². The molecule has 118 valence electrons. The van der Waals surface area contributed by atoms with Crippen molar-refractivity contribution in [3.8, 4) is 0 Å². The molecule has 5 aromatic rings. The molecule has 3 heterocycles. The smallest absolute Gasteiger partial charge is 0.248 e. The Bertz CT molecular complexity index is 1260. The lowest BCUT2D eigenvalue weighted by molar-refractivity contribution is 0.100. The average Bonchev–Trinajstić information content (AvgIpc) is 3.09. The predicted molar refractivity (Wildman–Crippen MR) is 99.1 cm³/mol. The Hall–Kier alpha value is -2.70. The van der Waals surface area contributed by atoms with Crippen molar-refractivity contribution in [3.05, 3.63) is 54.2 Å². The topological polar surface area (TPSA) is 73.3 Å². The van der Waals surface area contributed by atoms with Crippen molar-refractivity contribution in [1.82, 2.24) is 14.4 Å². The summed E-state index contributed by atoms with van der Waals surface area (Å²) in [6.45, 7) is 0. The molecular weight excluding hydrogens is 344 g/mol. The number of nitrogens with two attached hydrogens (primary N) is 1. The summed E-state index contributed by atoms with van der Waals surface area (Å²) >= 11 is 1.71. The summed E-state index contributed by atoms with van der Waals surface area (Å²) in [6, 6.07) is 13.5. The first-order valence-corrected chi connectivity index (χ1v) is 7.92. The Morgan fingerprint density at radius 1 is 1.08 bits per heavy atom. The largest absolute Gasteiger partial charge is 0.366 e. The van der Waals surface area contributed by atoms with Crippen LogP contribution in [0.1, 0.15) is 10.4 Å². The van der Waals surface area contributed by atoms with Crippen LogP contribution in [0.25, 0.3) is 37.1 Å².